The number of pyridine rings is 1. The van der Waals surface area contributed by atoms with Crippen LogP contribution in [0, 0.1) is 0 Å². The predicted molar refractivity (Wildman–Crippen MR) is 124 cm³/mol. The number of nitrogens with zero attached hydrogens (tertiary/aromatic N) is 4. The number of nitrogen functional groups attached to an aromatic ring is 1. The van der Waals surface area contributed by atoms with Crippen molar-refractivity contribution in [2.24, 2.45) is 7.05 Å². The molecule has 3 aromatic rings. The number of aryl methyl sites for hydroxylation is 1. The highest BCUT2D eigenvalue weighted by Gasteiger charge is 2.39. The van der Waals surface area contributed by atoms with Crippen molar-refractivity contribution in [1.82, 2.24) is 24.4 Å². The Morgan fingerprint density at radius 1 is 1.24 bits per heavy atom. The van der Waals surface area contributed by atoms with E-state index in [0.29, 0.717) is 17.7 Å². The first-order chi connectivity index (χ1) is 15.7. The molecule has 1 aromatic carbocycles. The van der Waals surface area contributed by atoms with Crippen LogP contribution in [0.1, 0.15) is 16.8 Å². The third-order valence-electron chi connectivity index (χ3n) is 5.51. The largest absolute Gasteiger partial charge is 0.492 e. The summed E-state index contributed by atoms with van der Waals surface area (Å²) in [6, 6.07) is 10.1. The Balaban J connectivity index is 1.47. The zero-order valence-electron chi connectivity index (χ0n) is 18.4. The van der Waals surface area contributed by atoms with Crippen LogP contribution in [0.25, 0.3) is 11.1 Å². The first-order valence-electron chi connectivity index (χ1n) is 10.4. The van der Waals surface area contributed by atoms with Gasteiger partial charge >= 0.3 is 0 Å². The van der Waals surface area contributed by atoms with Crippen LogP contribution in [0.5, 0.6) is 5.75 Å². The molecular weight excluding hydrogens is 444 g/mol. The number of ether oxygens (including phenoxy) is 1. The van der Waals surface area contributed by atoms with Gasteiger partial charge in [-0.25, -0.2) is 13.4 Å². The van der Waals surface area contributed by atoms with Crippen LogP contribution in [0.2, 0.25) is 0 Å². The number of sulfonamides is 1. The SMILES string of the molecule is Cn1cc(-c2cnc(N)c(C(=O)N[C@H]3C[C@@H](COc4ccccc4)N(S(C)(=O)=O)C3)c2)cn1. The van der Waals surface area contributed by atoms with Gasteiger partial charge in [0, 0.05) is 43.2 Å². The van der Waals surface area contributed by atoms with Crippen LogP contribution in [0.4, 0.5) is 5.82 Å². The minimum Gasteiger partial charge on any atom is -0.492 e. The molecule has 3 heterocycles. The molecule has 0 aliphatic carbocycles. The molecule has 2 aromatic heterocycles. The van der Waals surface area contributed by atoms with Crippen molar-refractivity contribution in [3.05, 3.63) is 60.6 Å². The minimum absolute atomic E-state index is 0.0991. The molecule has 1 fully saturated rings. The normalized spacial score (nSPS) is 18.8. The van der Waals surface area contributed by atoms with E-state index >= 15 is 0 Å². The molecule has 0 unspecified atom stereocenters. The summed E-state index contributed by atoms with van der Waals surface area (Å²) in [7, 11) is -1.68. The van der Waals surface area contributed by atoms with Gasteiger partial charge in [-0.15, -0.1) is 0 Å². The fourth-order valence-electron chi connectivity index (χ4n) is 3.91. The molecule has 11 heteroatoms. The summed E-state index contributed by atoms with van der Waals surface area (Å²) in [4.78, 5) is 17.1. The van der Waals surface area contributed by atoms with Gasteiger partial charge in [0.15, 0.2) is 0 Å². The summed E-state index contributed by atoms with van der Waals surface area (Å²) in [6.07, 6.45) is 6.65. The Hall–Kier alpha value is -3.44. The van der Waals surface area contributed by atoms with Gasteiger partial charge in [-0.1, -0.05) is 18.2 Å². The molecule has 1 amide bonds. The standard InChI is InChI=1S/C22H26N6O4S/c1-27-12-16(11-25-27)15-8-20(21(23)24-10-15)22(29)26-17-9-18(28(13-17)33(2,30)31)14-32-19-6-4-3-5-7-19/h3-8,10-12,17-18H,9,13-14H2,1-2H3,(H2,23,24)(H,26,29)/t17-,18-/m0/s1. The van der Waals surface area contributed by atoms with E-state index in [-0.39, 0.29) is 24.5 Å². The van der Waals surface area contributed by atoms with Crippen molar-refractivity contribution >= 4 is 21.7 Å². The molecule has 0 radical (unpaired) electrons. The maximum Gasteiger partial charge on any atom is 0.255 e. The maximum absolute atomic E-state index is 13.0. The third-order valence-corrected chi connectivity index (χ3v) is 6.81. The number of rotatable bonds is 7. The van der Waals surface area contributed by atoms with Crippen molar-refractivity contribution in [1.29, 1.82) is 0 Å². The molecule has 4 rings (SSSR count). The highest BCUT2D eigenvalue weighted by atomic mass is 32.2. The summed E-state index contributed by atoms with van der Waals surface area (Å²) in [5, 5.41) is 7.04. The lowest BCUT2D eigenvalue weighted by Gasteiger charge is -2.21. The summed E-state index contributed by atoms with van der Waals surface area (Å²) < 4.78 is 33.5. The number of aromatic nitrogens is 3. The number of nitrogens with one attached hydrogen (secondary N) is 1. The average Bonchev–Trinajstić information content (AvgIpc) is 3.39. The van der Waals surface area contributed by atoms with Crippen LogP contribution < -0.4 is 15.8 Å². The van der Waals surface area contributed by atoms with Crippen LogP contribution in [-0.2, 0) is 17.1 Å². The van der Waals surface area contributed by atoms with E-state index in [1.165, 1.54) is 4.31 Å². The van der Waals surface area contributed by atoms with E-state index in [0.717, 1.165) is 11.8 Å². The number of benzene rings is 1. The lowest BCUT2D eigenvalue weighted by molar-refractivity contribution is 0.0939. The molecule has 0 spiro atoms. The van der Waals surface area contributed by atoms with Crippen LogP contribution in [0.15, 0.2) is 55.0 Å². The Labute approximate surface area is 192 Å². The Bertz CT molecular complexity index is 1240. The van der Waals surface area contributed by atoms with Crippen molar-refractivity contribution in [2.75, 3.05) is 25.1 Å². The number of para-hydroxylation sites is 1. The van der Waals surface area contributed by atoms with Gasteiger partial charge in [-0.3, -0.25) is 9.48 Å². The molecule has 33 heavy (non-hydrogen) atoms. The molecule has 1 aliphatic rings. The molecule has 10 nitrogen and oxygen atoms in total. The summed E-state index contributed by atoms with van der Waals surface area (Å²) in [5.41, 5.74) is 7.71. The monoisotopic (exact) mass is 470 g/mol. The van der Waals surface area contributed by atoms with Crippen molar-refractivity contribution < 1.29 is 17.9 Å². The van der Waals surface area contributed by atoms with Crippen LogP contribution in [0.3, 0.4) is 0 Å². The zero-order chi connectivity index (χ0) is 23.6. The number of amides is 1. The number of carbonyl (C=O) groups excluding carboxylic acids is 1. The minimum atomic E-state index is -3.48. The van der Waals surface area contributed by atoms with Gasteiger partial charge in [-0.05, 0) is 24.6 Å². The molecule has 2 atom stereocenters. The lowest BCUT2D eigenvalue weighted by Crippen LogP contribution is -2.40. The van der Waals surface area contributed by atoms with Gasteiger partial charge < -0.3 is 15.8 Å². The number of hydrogen-bond donors (Lipinski definition) is 2. The Morgan fingerprint density at radius 3 is 2.67 bits per heavy atom. The first-order valence-corrected chi connectivity index (χ1v) is 12.3. The smallest absolute Gasteiger partial charge is 0.255 e. The predicted octanol–water partition coefficient (Wildman–Crippen LogP) is 1.28. The second kappa shape index (κ2) is 9.20. The van der Waals surface area contributed by atoms with Gasteiger partial charge in [0.25, 0.3) is 5.91 Å². The fourth-order valence-corrected chi connectivity index (χ4v) is 5.05. The summed E-state index contributed by atoms with van der Waals surface area (Å²) in [6.45, 7) is 0.340. The van der Waals surface area contributed by atoms with E-state index < -0.39 is 28.0 Å². The van der Waals surface area contributed by atoms with Crippen molar-refractivity contribution in [3.8, 4) is 16.9 Å². The average molecular weight is 471 g/mol. The Morgan fingerprint density at radius 2 is 2.00 bits per heavy atom. The molecule has 3 N–H and O–H groups in total. The first kappa shape index (κ1) is 22.7. The molecule has 174 valence electrons. The second-order valence-corrected chi connectivity index (χ2v) is 10.0. The fraction of sp³-hybridized carbons (Fsp3) is 0.318. The second-order valence-electron chi connectivity index (χ2n) is 8.08. The quantitative estimate of drug-likeness (QED) is 0.531. The maximum atomic E-state index is 13.0. The van der Waals surface area contributed by atoms with Gasteiger partial charge in [-0.2, -0.15) is 9.40 Å². The van der Waals surface area contributed by atoms with E-state index in [9.17, 15) is 13.2 Å². The topological polar surface area (TPSA) is 132 Å². The van der Waals surface area contributed by atoms with E-state index in [1.807, 2.05) is 36.5 Å². The Kier molecular flexibility index (Phi) is 6.34. The van der Waals surface area contributed by atoms with Gasteiger partial charge in [0.1, 0.15) is 18.2 Å². The van der Waals surface area contributed by atoms with E-state index in [4.69, 9.17) is 10.5 Å². The number of nitrogens with two attached hydrogens (primary N) is 1. The number of hydrogen-bond acceptors (Lipinski definition) is 7. The number of anilines is 1. The summed E-state index contributed by atoms with van der Waals surface area (Å²) >= 11 is 0. The summed E-state index contributed by atoms with van der Waals surface area (Å²) in [5.74, 6) is 0.348. The van der Waals surface area contributed by atoms with Gasteiger partial charge in [0.05, 0.1) is 24.1 Å². The highest BCUT2D eigenvalue weighted by Crippen LogP contribution is 2.25. The molecule has 0 saturated carbocycles. The number of carbonyl (C=O) groups is 1. The third kappa shape index (κ3) is 5.32. The molecule has 1 aliphatic heterocycles. The van der Waals surface area contributed by atoms with E-state index in [1.54, 1.807) is 30.2 Å². The van der Waals surface area contributed by atoms with Gasteiger partial charge in [0.2, 0.25) is 10.0 Å². The van der Waals surface area contributed by atoms with Crippen molar-refractivity contribution in [2.45, 2.75) is 18.5 Å². The molecular formula is C22H26N6O4S. The highest BCUT2D eigenvalue weighted by molar-refractivity contribution is 7.88. The molecule has 0 bridgehead atoms. The van der Waals surface area contributed by atoms with Crippen LogP contribution in [-0.4, -0.2) is 64.9 Å². The zero-order valence-corrected chi connectivity index (χ0v) is 19.2. The van der Waals surface area contributed by atoms with E-state index in [2.05, 4.69) is 15.4 Å². The lowest BCUT2D eigenvalue weighted by atomic mass is 10.1. The molecule has 1 saturated heterocycles. The van der Waals surface area contributed by atoms with Crippen LogP contribution >= 0.6 is 0 Å². The van der Waals surface area contributed by atoms with Crippen molar-refractivity contribution in [3.63, 3.8) is 0 Å².